The lowest BCUT2D eigenvalue weighted by Crippen LogP contribution is -2.24. The Kier molecular flexibility index (Phi) is 4.99. The van der Waals surface area contributed by atoms with Gasteiger partial charge in [0.1, 0.15) is 11.6 Å². The average Bonchev–Trinajstić information content (AvgIpc) is 2.88. The normalized spacial score (nSPS) is 12.6. The average molecular weight is 282 g/mol. The van der Waals surface area contributed by atoms with Crippen molar-refractivity contribution in [3.63, 3.8) is 0 Å². The second-order valence-corrected chi connectivity index (χ2v) is 5.32. The fourth-order valence-corrected chi connectivity index (χ4v) is 2.58. The molecule has 19 heavy (non-hydrogen) atoms. The molecule has 1 N–H and O–H groups in total. The molecule has 0 aliphatic heterocycles. The Bertz CT molecular complexity index is 514. The predicted octanol–water partition coefficient (Wildman–Crippen LogP) is 3.70. The molecule has 1 heterocycles. The molecule has 2 aromatic rings. The summed E-state index contributed by atoms with van der Waals surface area (Å²) in [7, 11) is 0. The summed E-state index contributed by atoms with van der Waals surface area (Å²) in [6, 6.07) is 3.59. The quantitative estimate of drug-likeness (QED) is 0.873. The Morgan fingerprint density at radius 2 is 2.21 bits per heavy atom. The van der Waals surface area contributed by atoms with Crippen molar-refractivity contribution in [3.8, 4) is 0 Å². The summed E-state index contributed by atoms with van der Waals surface area (Å²) in [4.78, 5) is 5.10. The van der Waals surface area contributed by atoms with E-state index in [4.69, 9.17) is 0 Å². The Balaban J connectivity index is 2.20. The number of hydrogen-bond donors (Lipinski definition) is 1. The maximum Gasteiger partial charge on any atom is 0.130 e. The Labute approximate surface area is 115 Å². The Morgan fingerprint density at radius 1 is 1.37 bits per heavy atom. The van der Waals surface area contributed by atoms with Gasteiger partial charge in [0.2, 0.25) is 0 Å². The van der Waals surface area contributed by atoms with Gasteiger partial charge in [-0.05, 0) is 19.0 Å². The van der Waals surface area contributed by atoms with E-state index in [0.717, 1.165) is 23.9 Å². The van der Waals surface area contributed by atoms with Crippen LogP contribution >= 0.6 is 11.3 Å². The van der Waals surface area contributed by atoms with Gasteiger partial charge >= 0.3 is 0 Å². The molecule has 2 nitrogen and oxygen atoms in total. The van der Waals surface area contributed by atoms with Crippen LogP contribution in [0.3, 0.4) is 0 Å². The van der Waals surface area contributed by atoms with Gasteiger partial charge in [0.25, 0.3) is 0 Å². The Hall–Kier alpha value is -1.33. The minimum atomic E-state index is -0.548. The van der Waals surface area contributed by atoms with Gasteiger partial charge in [-0.15, -0.1) is 11.3 Å². The number of aromatic nitrogens is 1. The molecular weight excluding hydrogens is 266 g/mol. The summed E-state index contributed by atoms with van der Waals surface area (Å²) in [5.74, 6) is -1.05. The van der Waals surface area contributed by atoms with Crippen LogP contribution in [-0.4, -0.2) is 11.5 Å². The van der Waals surface area contributed by atoms with Gasteiger partial charge in [-0.1, -0.05) is 13.0 Å². The summed E-state index contributed by atoms with van der Waals surface area (Å²) in [5, 5.41) is 3.30. The summed E-state index contributed by atoms with van der Waals surface area (Å²) >= 11 is 1.54. The third-order valence-electron chi connectivity index (χ3n) is 2.87. The molecule has 0 aliphatic rings. The van der Waals surface area contributed by atoms with Crippen LogP contribution in [0.5, 0.6) is 0 Å². The molecule has 0 radical (unpaired) electrons. The molecule has 5 heteroatoms. The molecule has 102 valence electrons. The number of hydrogen-bond acceptors (Lipinski definition) is 3. The minimum absolute atomic E-state index is 0.152. The van der Waals surface area contributed by atoms with Gasteiger partial charge in [-0.2, -0.15) is 0 Å². The van der Waals surface area contributed by atoms with Gasteiger partial charge in [0.15, 0.2) is 0 Å². The van der Waals surface area contributed by atoms with Crippen molar-refractivity contribution in [2.75, 3.05) is 6.54 Å². The molecule has 1 unspecified atom stereocenters. The van der Waals surface area contributed by atoms with Gasteiger partial charge in [-0.3, -0.25) is 4.98 Å². The van der Waals surface area contributed by atoms with Crippen molar-refractivity contribution in [1.82, 2.24) is 10.3 Å². The van der Waals surface area contributed by atoms with Crippen LogP contribution in [0.2, 0.25) is 0 Å². The third-order valence-corrected chi connectivity index (χ3v) is 3.67. The van der Waals surface area contributed by atoms with E-state index in [1.54, 1.807) is 23.0 Å². The lowest BCUT2D eigenvalue weighted by Gasteiger charge is -2.19. The van der Waals surface area contributed by atoms with E-state index in [2.05, 4.69) is 17.2 Å². The predicted molar refractivity (Wildman–Crippen MR) is 73.2 cm³/mol. The summed E-state index contributed by atoms with van der Waals surface area (Å²) < 4.78 is 26.8. The highest BCUT2D eigenvalue weighted by Gasteiger charge is 2.17. The van der Waals surface area contributed by atoms with Crippen molar-refractivity contribution in [3.05, 3.63) is 52.0 Å². The SMILES string of the molecule is CCCNC(Cc1cncs1)c1ccc(F)cc1F. The van der Waals surface area contributed by atoms with Crippen molar-refractivity contribution < 1.29 is 8.78 Å². The van der Waals surface area contributed by atoms with E-state index >= 15 is 0 Å². The Morgan fingerprint density at radius 3 is 2.84 bits per heavy atom. The molecular formula is C14H16F2N2S. The fourth-order valence-electron chi connectivity index (χ4n) is 1.94. The van der Waals surface area contributed by atoms with E-state index in [1.165, 1.54) is 12.1 Å². The van der Waals surface area contributed by atoms with Gasteiger partial charge in [0.05, 0.1) is 5.51 Å². The molecule has 1 aromatic heterocycles. The zero-order valence-electron chi connectivity index (χ0n) is 10.7. The van der Waals surface area contributed by atoms with E-state index in [-0.39, 0.29) is 6.04 Å². The first kappa shape index (κ1) is 14.1. The third kappa shape index (κ3) is 3.81. The van der Waals surface area contributed by atoms with Crippen molar-refractivity contribution in [2.24, 2.45) is 0 Å². The smallest absolute Gasteiger partial charge is 0.130 e. The molecule has 0 spiro atoms. The molecule has 0 saturated carbocycles. The zero-order valence-corrected chi connectivity index (χ0v) is 11.5. The molecule has 2 rings (SSSR count). The second-order valence-electron chi connectivity index (χ2n) is 4.34. The monoisotopic (exact) mass is 282 g/mol. The van der Waals surface area contributed by atoms with Crippen LogP contribution < -0.4 is 5.32 Å². The second kappa shape index (κ2) is 6.73. The zero-order chi connectivity index (χ0) is 13.7. The molecule has 0 aliphatic carbocycles. The summed E-state index contributed by atoms with van der Waals surface area (Å²) in [6.45, 7) is 2.85. The topological polar surface area (TPSA) is 24.9 Å². The number of benzene rings is 1. The lowest BCUT2D eigenvalue weighted by molar-refractivity contribution is 0.493. The lowest BCUT2D eigenvalue weighted by atomic mass is 10.0. The first-order valence-electron chi connectivity index (χ1n) is 6.26. The maximum absolute atomic E-state index is 13.9. The minimum Gasteiger partial charge on any atom is -0.310 e. The van der Waals surface area contributed by atoms with E-state index < -0.39 is 11.6 Å². The molecule has 0 fully saturated rings. The van der Waals surface area contributed by atoms with Crippen molar-refractivity contribution in [2.45, 2.75) is 25.8 Å². The highest BCUT2D eigenvalue weighted by molar-refractivity contribution is 7.09. The highest BCUT2D eigenvalue weighted by Crippen LogP contribution is 2.23. The van der Waals surface area contributed by atoms with E-state index in [0.29, 0.717) is 12.0 Å². The van der Waals surface area contributed by atoms with Crippen molar-refractivity contribution >= 4 is 11.3 Å². The number of nitrogens with zero attached hydrogens (tertiary/aromatic N) is 1. The molecule has 1 atom stereocenters. The largest absolute Gasteiger partial charge is 0.310 e. The number of rotatable bonds is 6. The van der Waals surface area contributed by atoms with E-state index in [1.807, 2.05) is 0 Å². The molecule has 0 bridgehead atoms. The van der Waals surface area contributed by atoms with Crippen molar-refractivity contribution in [1.29, 1.82) is 0 Å². The van der Waals surface area contributed by atoms with Crippen LogP contribution in [0.25, 0.3) is 0 Å². The first-order chi connectivity index (χ1) is 9.20. The first-order valence-corrected chi connectivity index (χ1v) is 7.14. The standard InChI is InChI=1S/C14H16F2N2S/c1-2-5-18-14(7-11-8-17-9-19-11)12-4-3-10(15)6-13(12)16/h3-4,6,8-9,14,18H,2,5,7H2,1H3. The number of thiazole rings is 1. The highest BCUT2D eigenvalue weighted by atomic mass is 32.1. The molecule has 0 saturated heterocycles. The van der Waals surface area contributed by atoms with Crippen LogP contribution in [0.1, 0.15) is 29.8 Å². The maximum atomic E-state index is 13.9. The van der Waals surface area contributed by atoms with E-state index in [9.17, 15) is 8.78 Å². The molecule has 1 aromatic carbocycles. The summed E-state index contributed by atoms with van der Waals surface area (Å²) in [5.41, 5.74) is 2.26. The van der Waals surface area contributed by atoms with Crippen LogP contribution in [0.4, 0.5) is 8.78 Å². The van der Waals surface area contributed by atoms with Crippen LogP contribution in [0.15, 0.2) is 29.9 Å². The van der Waals surface area contributed by atoms with Gasteiger partial charge in [0, 0.05) is 35.2 Å². The van der Waals surface area contributed by atoms with Crippen LogP contribution in [-0.2, 0) is 6.42 Å². The van der Waals surface area contributed by atoms with Gasteiger partial charge in [-0.25, -0.2) is 8.78 Å². The number of halogens is 2. The summed E-state index contributed by atoms with van der Waals surface area (Å²) in [6.07, 6.45) is 3.40. The number of nitrogens with one attached hydrogen (secondary N) is 1. The van der Waals surface area contributed by atoms with Crippen LogP contribution in [0, 0.1) is 11.6 Å². The molecule has 0 amide bonds. The van der Waals surface area contributed by atoms with Gasteiger partial charge < -0.3 is 5.32 Å². The fraction of sp³-hybridized carbons (Fsp3) is 0.357.